The highest BCUT2D eigenvalue weighted by atomic mass is 19.1. The van der Waals surface area contributed by atoms with Crippen LogP contribution in [0, 0.1) is 5.82 Å². The second kappa shape index (κ2) is 4.53. The van der Waals surface area contributed by atoms with Crippen LogP contribution < -0.4 is 10.6 Å². The lowest BCUT2D eigenvalue weighted by Gasteiger charge is -2.33. The van der Waals surface area contributed by atoms with E-state index in [4.69, 9.17) is 5.73 Å². The molecule has 1 aliphatic rings. The van der Waals surface area contributed by atoms with Crippen LogP contribution in [0.3, 0.4) is 0 Å². The molecule has 0 saturated carbocycles. The van der Waals surface area contributed by atoms with Crippen LogP contribution >= 0.6 is 0 Å². The van der Waals surface area contributed by atoms with Gasteiger partial charge in [0, 0.05) is 12.1 Å². The first-order chi connectivity index (χ1) is 8.09. The Bertz CT molecular complexity index is 462. The molecule has 17 heavy (non-hydrogen) atoms. The molecule has 4 nitrogen and oxygen atoms in total. The number of halogens is 1. The minimum atomic E-state index is -0.668. The van der Waals surface area contributed by atoms with Crippen molar-refractivity contribution in [2.75, 3.05) is 4.90 Å². The summed E-state index contributed by atoms with van der Waals surface area (Å²) in [6, 6.07) is 4.96. The molecule has 2 amide bonds. The number of benzene rings is 1. The van der Waals surface area contributed by atoms with Gasteiger partial charge in [-0.2, -0.15) is 0 Å². The summed E-state index contributed by atoms with van der Waals surface area (Å²) in [7, 11) is 0. The van der Waals surface area contributed by atoms with Crippen molar-refractivity contribution in [3.8, 4) is 0 Å². The number of nitrogens with zero attached hydrogens (tertiary/aromatic N) is 1. The highest BCUT2D eigenvalue weighted by Crippen LogP contribution is 2.26. The Morgan fingerprint density at radius 3 is 2.88 bits per heavy atom. The number of piperidine rings is 1. The minimum absolute atomic E-state index is 0.189. The molecule has 0 bridgehead atoms. The van der Waals surface area contributed by atoms with E-state index < -0.39 is 17.8 Å². The lowest BCUT2D eigenvalue weighted by Crippen LogP contribution is -2.50. The van der Waals surface area contributed by atoms with E-state index in [9.17, 15) is 14.0 Å². The molecule has 1 aliphatic heterocycles. The molecule has 0 spiro atoms. The van der Waals surface area contributed by atoms with Crippen LogP contribution in [0.25, 0.3) is 0 Å². The van der Waals surface area contributed by atoms with Gasteiger partial charge in [-0.25, -0.2) is 4.39 Å². The molecule has 0 aromatic heterocycles. The summed E-state index contributed by atoms with van der Waals surface area (Å²) in [5.74, 6) is -1.18. The number of primary amides is 1. The van der Waals surface area contributed by atoms with Gasteiger partial charge in [0.2, 0.25) is 11.8 Å². The maximum Gasteiger partial charge on any atom is 0.240 e. The summed E-state index contributed by atoms with van der Waals surface area (Å²) < 4.78 is 13.1. The molecule has 1 heterocycles. The van der Waals surface area contributed by atoms with E-state index in [1.54, 1.807) is 6.07 Å². The van der Waals surface area contributed by atoms with Gasteiger partial charge in [-0.3, -0.25) is 14.5 Å². The Balaban J connectivity index is 2.38. The average molecular weight is 236 g/mol. The minimum Gasteiger partial charge on any atom is -0.368 e. The van der Waals surface area contributed by atoms with Crippen molar-refractivity contribution >= 4 is 17.5 Å². The Kier molecular flexibility index (Phi) is 3.08. The fraction of sp³-hybridized carbons (Fsp3) is 0.333. The molecule has 90 valence electrons. The maximum atomic E-state index is 13.1. The third-order valence-corrected chi connectivity index (χ3v) is 2.86. The van der Waals surface area contributed by atoms with Crippen molar-refractivity contribution in [1.29, 1.82) is 0 Å². The molecule has 1 fully saturated rings. The first-order valence-electron chi connectivity index (χ1n) is 5.46. The molecule has 1 unspecified atom stereocenters. The van der Waals surface area contributed by atoms with Gasteiger partial charge in [0.15, 0.2) is 0 Å². The number of carbonyl (C=O) groups excluding carboxylic acids is 2. The number of hydrogen-bond donors (Lipinski definition) is 1. The summed E-state index contributed by atoms with van der Waals surface area (Å²) in [6.07, 6.45) is 1.52. The monoisotopic (exact) mass is 236 g/mol. The van der Waals surface area contributed by atoms with E-state index in [2.05, 4.69) is 0 Å². The highest BCUT2D eigenvalue weighted by Gasteiger charge is 2.32. The zero-order chi connectivity index (χ0) is 12.4. The number of hydrogen-bond acceptors (Lipinski definition) is 2. The predicted octanol–water partition coefficient (Wildman–Crippen LogP) is 1.20. The van der Waals surface area contributed by atoms with Gasteiger partial charge in [-0.05, 0) is 31.0 Å². The van der Waals surface area contributed by atoms with Gasteiger partial charge < -0.3 is 5.73 Å². The van der Waals surface area contributed by atoms with Gasteiger partial charge in [0.05, 0.1) is 0 Å². The summed E-state index contributed by atoms with van der Waals surface area (Å²) in [5.41, 5.74) is 5.66. The Morgan fingerprint density at radius 2 is 2.24 bits per heavy atom. The molecule has 1 aromatic carbocycles. The number of carbonyl (C=O) groups is 2. The van der Waals surface area contributed by atoms with E-state index in [0.29, 0.717) is 24.9 Å². The molecule has 5 heteroatoms. The van der Waals surface area contributed by atoms with Crippen molar-refractivity contribution in [3.63, 3.8) is 0 Å². The Morgan fingerprint density at radius 1 is 1.47 bits per heavy atom. The van der Waals surface area contributed by atoms with Crippen molar-refractivity contribution < 1.29 is 14.0 Å². The predicted molar refractivity (Wildman–Crippen MR) is 60.7 cm³/mol. The smallest absolute Gasteiger partial charge is 0.240 e. The summed E-state index contributed by atoms with van der Waals surface area (Å²) >= 11 is 0. The number of amides is 2. The fourth-order valence-electron chi connectivity index (χ4n) is 2.09. The molecular weight excluding hydrogens is 223 g/mol. The first-order valence-corrected chi connectivity index (χ1v) is 5.46. The second-order valence-electron chi connectivity index (χ2n) is 4.05. The number of rotatable bonds is 2. The van der Waals surface area contributed by atoms with E-state index in [1.165, 1.54) is 23.1 Å². The zero-order valence-electron chi connectivity index (χ0n) is 9.23. The summed E-state index contributed by atoms with van der Waals surface area (Å²) in [6.45, 7) is 0. The van der Waals surface area contributed by atoms with Crippen LogP contribution in [0.2, 0.25) is 0 Å². The summed E-state index contributed by atoms with van der Waals surface area (Å²) in [4.78, 5) is 24.4. The van der Waals surface area contributed by atoms with E-state index in [1.807, 2.05) is 0 Å². The summed E-state index contributed by atoms with van der Waals surface area (Å²) in [5, 5.41) is 0. The maximum absolute atomic E-state index is 13.1. The topological polar surface area (TPSA) is 63.4 Å². The molecule has 1 aromatic rings. The number of nitrogens with two attached hydrogens (primary N) is 1. The van der Waals surface area contributed by atoms with Gasteiger partial charge in [-0.1, -0.05) is 6.07 Å². The molecule has 0 aliphatic carbocycles. The third-order valence-electron chi connectivity index (χ3n) is 2.86. The van der Waals surface area contributed by atoms with Crippen molar-refractivity contribution in [3.05, 3.63) is 30.1 Å². The van der Waals surface area contributed by atoms with Crippen LogP contribution in [0.15, 0.2) is 24.3 Å². The highest BCUT2D eigenvalue weighted by molar-refractivity contribution is 6.01. The van der Waals surface area contributed by atoms with Crippen molar-refractivity contribution in [2.24, 2.45) is 5.73 Å². The molecule has 1 saturated heterocycles. The van der Waals surface area contributed by atoms with Crippen molar-refractivity contribution in [1.82, 2.24) is 0 Å². The van der Waals surface area contributed by atoms with Crippen LogP contribution in [0.5, 0.6) is 0 Å². The van der Waals surface area contributed by atoms with Gasteiger partial charge >= 0.3 is 0 Å². The van der Waals surface area contributed by atoms with Crippen molar-refractivity contribution in [2.45, 2.75) is 25.3 Å². The van der Waals surface area contributed by atoms with Crippen LogP contribution in [-0.2, 0) is 9.59 Å². The standard InChI is InChI=1S/C12H13FN2O2/c13-8-3-1-4-9(7-8)15-10(12(14)17)5-2-6-11(15)16/h1,3-4,7,10H,2,5-6H2,(H2,14,17). The lowest BCUT2D eigenvalue weighted by molar-refractivity contribution is -0.126. The van der Waals surface area contributed by atoms with Gasteiger partial charge in [-0.15, -0.1) is 0 Å². The van der Waals surface area contributed by atoms with Crippen LogP contribution in [0.1, 0.15) is 19.3 Å². The molecule has 2 N–H and O–H groups in total. The normalized spacial score (nSPS) is 20.4. The largest absolute Gasteiger partial charge is 0.368 e. The molecule has 1 atom stereocenters. The quantitative estimate of drug-likeness (QED) is 0.838. The first kappa shape index (κ1) is 11.6. The fourth-order valence-corrected chi connectivity index (χ4v) is 2.09. The van der Waals surface area contributed by atoms with E-state index in [0.717, 1.165) is 0 Å². The SMILES string of the molecule is NC(=O)C1CCCC(=O)N1c1cccc(F)c1. The lowest BCUT2D eigenvalue weighted by atomic mass is 10.00. The Labute approximate surface area is 98.2 Å². The van der Waals surface area contributed by atoms with E-state index >= 15 is 0 Å². The van der Waals surface area contributed by atoms with Crippen LogP contribution in [0.4, 0.5) is 10.1 Å². The van der Waals surface area contributed by atoms with E-state index in [-0.39, 0.29) is 5.91 Å². The Hall–Kier alpha value is -1.91. The molecule has 2 rings (SSSR count). The van der Waals surface area contributed by atoms with Crippen LogP contribution in [-0.4, -0.2) is 17.9 Å². The molecule has 0 radical (unpaired) electrons. The zero-order valence-corrected chi connectivity index (χ0v) is 9.23. The third kappa shape index (κ3) is 2.27. The number of anilines is 1. The second-order valence-corrected chi connectivity index (χ2v) is 4.05. The van der Waals surface area contributed by atoms with Gasteiger partial charge in [0.1, 0.15) is 11.9 Å². The van der Waals surface area contributed by atoms with Gasteiger partial charge in [0.25, 0.3) is 0 Å². The molecular formula is C12H13FN2O2. The average Bonchev–Trinajstić information content (AvgIpc) is 2.28.